The summed E-state index contributed by atoms with van der Waals surface area (Å²) in [6.07, 6.45) is -3.06. The van der Waals surface area contributed by atoms with E-state index in [1.165, 1.54) is 14.2 Å². The zero-order chi connectivity index (χ0) is 97.4. The highest BCUT2D eigenvalue weighted by Gasteiger charge is 2.47. The molecule has 0 aromatic heterocycles. The minimum atomic E-state index is -3.87. The standard InChI is InChI=1S/C81H157N26O21P3/c1-10-59(17-11-25-95-75(82)83)69(110)42-61(19-13-27-97-77(86)87)71(112)44-63(21-15-29-99-79(90)91)73(114)45-64(22-16-30-100-80(92)93)72(113)43-62(20-14-28-98-78(88)89)70(111)41-60(18-12-26-96-76(84)85)68(109)23-24-74(115)104-46-56(2)126-65(49-104)52-123-129(117,55-94-5)106-47-57(3)127-66(50-106)53-125-131(119,102(8)9)107-48-58(4)128-67(51-107)54-124-130(118,101(6)7)105-33-31-103(32-34-105)81(116)122-40-39-121-38-37-120-36-35-108/h56-67,94,108H,10-55H2,1-9H3,(H4,82,83,95)(H4,84,85,96)(H4,86,87,97)(H4,88,89,98)(H4,90,91,99)(H4,92,93,100). The summed E-state index contributed by atoms with van der Waals surface area (Å²) in [5.74, 6) is -8.90. The molecule has 4 fully saturated rings. The fourth-order valence-corrected chi connectivity index (χ4v) is 22.3. The van der Waals surface area contributed by atoms with Gasteiger partial charge in [-0.3, -0.25) is 77.2 Å². The number of guanidine groups is 6. The van der Waals surface area contributed by atoms with Gasteiger partial charge in [-0.25, -0.2) is 28.1 Å². The van der Waals surface area contributed by atoms with Crippen LogP contribution in [-0.2, 0) is 89.2 Å². The molecular formula is C81H157N26O21P3. The maximum atomic E-state index is 15.3. The Morgan fingerprint density at radius 3 is 1.11 bits per heavy atom. The predicted molar refractivity (Wildman–Crippen MR) is 501 cm³/mol. The van der Waals surface area contributed by atoms with Crippen LogP contribution in [0, 0.1) is 35.5 Å². The SMILES string of the molecule is CCC(CCCN=C(N)N)C(=O)CC(CCCN=C(N)N)C(=O)CC(CCCN=C(N)N)C(=O)CC(CCCN=C(N)N)C(=O)CC(CCCN=C(N)N)C(=O)CC(CCCN=C(N)N)C(=O)CCC(=O)N1CC(C)OC(COP(=O)(CNC)N2CC(C)OC(COP(=O)(N(C)C)N3CC(C)OC(COP(=O)(N(C)C)N4CCN(C(=O)OCCOCCOCCO)CC4)C3)C2)C1. The summed E-state index contributed by atoms with van der Waals surface area (Å²) < 4.78 is 108. The van der Waals surface area contributed by atoms with Gasteiger partial charge in [0.05, 0.1) is 95.8 Å². The van der Waals surface area contributed by atoms with Gasteiger partial charge in [-0.2, -0.15) is 0 Å². The van der Waals surface area contributed by atoms with E-state index in [0.717, 1.165) is 0 Å². The number of hydrogen-bond acceptors (Lipinski definition) is 28. The van der Waals surface area contributed by atoms with Crippen LogP contribution >= 0.6 is 22.9 Å². The average molecular weight is 1920 g/mol. The number of carbonyl (C=O) groups is 8. The average Bonchev–Trinajstić information content (AvgIpc) is 0.782. The van der Waals surface area contributed by atoms with Gasteiger partial charge in [0.15, 0.2) is 35.8 Å². The van der Waals surface area contributed by atoms with E-state index in [1.807, 2.05) is 20.8 Å². The molecule has 0 bridgehead atoms. The van der Waals surface area contributed by atoms with E-state index in [0.29, 0.717) is 38.8 Å². The summed E-state index contributed by atoms with van der Waals surface area (Å²) in [6.45, 7) is 9.96. The van der Waals surface area contributed by atoms with Crippen molar-refractivity contribution in [1.29, 1.82) is 0 Å². The fraction of sp³-hybridized carbons (Fsp3) is 0.827. The summed E-state index contributed by atoms with van der Waals surface area (Å²) in [5, 5.41) is 11.9. The lowest BCUT2D eigenvalue weighted by Gasteiger charge is -2.44. The second-order valence-electron chi connectivity index (χ2n) is 34.1. The molecule has 0 saturated carbocycles. The van der Waals surface area contributed by atoms with Gasteiger partial charge in [0.1, 0.15) is 41.3 Å². The molecule has 0 aliphatic carbocycles. The van der Waals surface area contributed by atoms with E-state index in [4.69, 9.17) is 116 Å². The van der Waals surface area contributed by atoms with Gasteiger partial charge < -0.3 is 131 Å². The first-order chi connectivity index (χ1) is 62.1. The summed E-state index contributed by atoms with van der Waals surface area (Å²) in [4.78, 5) is 144. The van der Waals surface area contributed by atoms with Gasteiger partial charge in [0.25, 0.3) is 7.52 Å². The van der Waals surface area contributed by atoms with Gasteiger partial charge in [-0.1, -0.05) is 6.92 Å². The molecule has 0 radical (unpaired) electrons. The number of nitrogens with zero attached hydrogens (tertiary/aromatic N) is 13. The van der Waals surface area contributed by atoms with Crippen LogP contribution in [0.1, 0.15) is 156 Å². The molecule has 4 aliphatic heterocycles. The summed E-state index contributed by atoms with van der Waals surface area (Å²) in [6, 6.07) is 0. The quantitative estimate of drug-likeness (QED) is 0.0164. The van der Waals surface area contributed by atoms with Crippen molar-refractivity contribution in [1.82, 2.24) is 38.5 Å². The van der Waals surface area contributed by atoms with E-state index in [9.17, 15) is 28.5 Å². The van der Waals surface area contributed by atoms with Crippen LogP contribution in [0.4, 0.5) is 4.79 Å². The zero-order valence-corrected chi connectivity index (χ0v) is 81.3. The minimum Gasteiger partial charge on any atom is -0.447 e. The van der Waals surface area contributed by atoms with E-state index >= 15 is 23.5 Å². The largest absolute Gasteiger partial charge is 0.447 e. The molecular weight excluding hydrogens is 1770 g/mol. The maximum Gasteiger partial charge on any atom is 0.409 e. The lowest BCUT2D eigenvalue weighted by Crippen LogP contribution is -2.51. The number of amides is 2. The summed E-state index contributed by atoms with van der Waals surface area (Å²) >= 11 is 0. The molecule has 0 aromatic rings. The topological polar surface area (TPSA) is 712 Å². The molecule has 47 nitrogen and oxygen atoms in total. The first-order valence-electron chi connectivity index (χ1n) is 45.5. The molecule has 4 aliphatic rings. The van der Waals surface area contributed by atoms with Gasteiger partial charge in [-0.05, 0) is 139 Å². The van der Waals surface area contributed by atoms with Crippen molar-refractivity contribution in [2.75, 3.05) is 206 Å². The van der Waals surface area contributed by atoms with Crippen LogP contribution in [0.5, 0.6) is 0 Å². The molecule has 4 saturated heterocycles. The van der Waals surface area contributed by atoms with E-state index < -0.39 is 130 Å². The number of ether oxygens (including phenoxy) is 6. The normalized spacial score (nSPS) is 21.0. The predicted octanol–water partition coefficient (Wildman–Crippen LogP) is -0.106. The molecule has 131 heavy (non-hydrogen) atoms. The van der Waals surface area contributed by atoms with Crippen molar-refractivity contribution in [2.24, 2.45) is 134 Å². The molecule has 752 valence electrons. The highest BCUT2D eigenvalue weighted by atomic mass is 31.2. The molecule has 15 unspecified atom stereocenters. The Labute approximate surface area is 772 Å². The number of Topliss-reactive ketones (excluding diaryl/α,β-unsaturated/α-hetero) is 6. The van der Waals surface area contributed by atoms with Gasteiger partial charge >= 0.3 is 21.4 Å². The Balaban J connectivity index is 1.50. The zero-order valence-electron chi connectivity index (χ0n) is 78.7. The molecule has 0 aromatic carbocycles. The second kappa shape index (κ2) is 61.5. The number of carbonyl (C=O) groups excluding carboxylic acids is 8. The lowest BCUT2D eigenvalue weighted by atomic mass is 9.78. The number of nitrogens with two attached hydrogens (primary N) is 12. The van der Waals surface area contributed by atoms with Crippen molar-refractivity contribution in [3.05, 3.63) is 0 Å². The summed E-state index contributed by atoms with van der Waals surface area (Å²) in [7, 11) is -3.18. The number of morpholine rings is 3. The monoisotopic (exact) mass is 1920 g/mol. The fourth-order valence-electron chi connectivity index (χ4n) is 16.1. The third-order valence-corrected chi connectivity index (χ3v) is 30.4. The van der Waals surface area contributed by atoms with Gasteiger partial charge in [0.2, 0.25) is 5.91 Å². The van der Waals surface area contributed by atoms with E-state index in [-0.39, 0.29) is 307 Å². The van der Waals surface area contributed by atoms with Crippen molar-refractivity contribution >= 4 is 105 Å². The Hall–Kier alpha value is -7.53. The van der Waals surface area contributed by atoms with Gasteiger partial charge in [-0.15, -0.1) is 0 Å². The number of aliphatic imine (C=N–C) groups is 6. The molecule has 4 rings (SSSR count). The maximum absolute atomic E-state index is 15.3. The lowest BCUT2D eigenvalue weighted by molar-refractivity contribution is -0.147. The third-order valence-electron chi connectivity index (χ3n) is 22.8. The Morgan fingerprint density at radius 2 is 0.740 bits per heavy atom. The van der Waals surface area contributed by atoms with Crippen molar-refractivity contribution in [2.45, 2.75) is 193 Å². The van der Waals surface area contributed by atoms with Crippen molar-refractivity contribution in [3.63, 3.8) is 0 Å². The van der Waals surface area contributed by atoms with Crippen LogP contribution in [0.3, 0.4) is 0 Å². The number of nitrogens with one attached hydrogen (secondary N) is 1. The van der Waals surface area contributed by atoms with Crippen molar-refractivity contribution < 1.29 is 99.2 Å². The minimum absolute atomic E-state index is 0.000736. The first-order valence-corrected chi connectivity index (χ1v) is 50.3. The molecule has 4 heterocycles. The molecule has 50 heteroatoms. The van der Waals surface area contributed by atoms with Crippen LogP contribution < -0.4 is 74.1 Å². The molecule has 0 spiro atoms. The number of rotatable bonds is 68. The van der Waals surface area contributed by atoms with E-state index in [2.05, 4.69) is 35.3 Å². The number of aliphatic hydroxyl groups excluding tert-OH is 1. The van der Waals surface area contributed by atoms with Crippen LogP contribution in [0.25, 0.3) is 0 Å². The summed E-state index contributed by atoms with van der Waals surface area (Å²) in [5.41, 5.74) is 67.9. The molecule has 26 N–H and O–H groups in total. The second-order valence-corrected chi connectivity index (χ2v) is 41.7. The van der Waals surface area contributed by atoms with Crippen LogP contribution in [0.15, 0.2) is 30.0 Å². The highest BCUT2D eigenvalue weighted by molar-refractivity contribution is 7.56. The van der Waals surface area contributed by atoms with Crippen molar-refractivity contribution in [3.8, 4) is 0 Å². The number of hydrogen-bond donors (Lipinski definition) is 14. The number of piperazine rings is 1. The Morgan fingerprint density at radius 1 is 0.412 bits per heavy atom. The number of ketones is 6. The molecule has 15 atom stereocenters. The van der Waals surface area contributed by atoms with Crippen LogP contribution in [-0.4, -0.2) is 363 Å². The highest BCUT2D eigenvalue weighted by Crippen LogP contribution is 2.57. The Bertz CT molecular complexity index is 3840. The third kappa shape index (κ3) is 43.8. The smallest absolute Gasteiger partial charge is 0.409 e. The molecule has 2 amide bonds. The van der Waals surface area contributed by atoms with Gasteiger partial charge in [0, 0.05) is 185 Å². The Kier molecular flexibility index (Phi) is 54.3. The first kappa shape index (κ1) is 116. The van der Waals surface area contributed by atoms with Crippen LogP contribution in [0.2, 0.25) is 0 Å². The van der Waals surface area contributed by atoms with E-state index in [1.54, 1.807) is 61.1 Å². The number of aliphatic hydroxyl groups is 1.